The van der Waals surface area contributed by atoms with Crippen molar-refractivity contribution in [2.75, 3.05) is 0 Å². The van der Waals surface area contributed by atoms with Gasteiger partial charge in [-0.05, 0) is 52.8 Å². The largest absolute Gasteiger partial charge is 0.207 e. The molecular formula is C22H18BF. The first kappa shape index (κ1) is 15.2. The Balaban J connectivity index is 1.77. The fourth-order valence-electron chi connectivity index (χ4n) is 3.77. The summed E-state index contributed by atoms with van der Waals surface area (Å²) in [6, 6.07) is 23.7. The first-order valence-electron chi connectivity index (χ1n) is 8.40. The molecule has 2 radical (unpaired) electrons. The van der Waals surface area contributed by atoms with Gasteiger partial charge in [0, 0.05) is 5.92 Å². The fraction of sp³-hybridized carbons (Fsp3) is 0.182. The molecule has 2 atom stereocenters. The Labute approximate surface area is 143 Å². The molecule has 4 rings (SSSR count). The summed E-state index contributed by atoms with van der Waals surface area (Å²) < 4.78 is 13.5. The summed E-state index contributed by atoms with van der Waals surface area (Å²) >= 11 is 0. The molecule has 0 N–H and O–H groups in total. The summed E-state index contributed by atoms with van der Waals surface area (Å²) in [4.78, 5) is 0. The Morgan fingerprint density at radius 2 is 1.58 bits per heavy atom. The highest BCUT2D eigenvalue weighted by atomic mass is 19.1. The lowest BCUT2D eigenvalue weighted by Gasteiger charge is -2.30. The maximum absolute atomic E-state index is 13.5. The Morgan fingerprint density at radius 1 is 0.833 bits per heavy atom. The van der Waals surface area contributed by atoms with Crippen LogP contribution in [0.4, 0.5) is 4.39 Å². The van der Waals surface area contributed by atoms with Gasteiger partial charge in [-0.25, -0.2) is 4.39 Å². The van der Waals surface area contributed by atoms with Crippen molar-refractivity contribution in [1.82, 2.24) is 0 Å². The summed E-state index contributed by atoms with van der Waals surface area (Å²) in [7, 11) is 6.30. The SMILES string of the molecule is [B][C@@H]1Cc2ccccc2[C@@H](c2cccc(-c3cccc(F)c3)c2)C1. The number of halogens is 1. The number of fused-ring (bicyclic) bond motifs is 1. The minimum atomic E-state index is -0.206. The van der Waals surface area contributed by atoms with Gasteiger partial charge in [0.15, 0.2) is 0 Å². The zero-order valence-corrected chi connectivity index (χ0v) is 13.5. The van der Waals surface area contributed by atoms with Gasteiger partial charge in [-0.15, -0.1) is 0 Å². The molecule has 0 unspecified atom stereocenters. The van der Waals surface area contributed by atoms with Gasteiger partial charge in [0.1, 0.15) is 5.82 Å². The first-order valence-corrected chi connectivity index (χ1v) is 8.40. The average molecular weight is 312 g/mol. The van der Waals surface area contributed by atoms with Gasteiger partial charge in [-0.2, -0.15) is 0 Å². The van der Waals surface area contributed by atoms with Crippen LogP contribution >= 0.6 is 0 Å². The van der Waals surface area contributed by atoms with Gasteiger partial charge in [0.2, 0.25) is 0 Å². The molecule has 1 aliphatic rings. The van der Waals surface area contributed by atoms with Gasteiger partial charge in [-0.3, -0.25) is 0 Å². The van der Waals surface area contributed by atoms with Crippen LogP contribution < -0.4 is 0 Å². The smallest absolute Gasteiger partial charge is 0.123 e. The van der Waals surface area contributed by atoms with E-state index in [2.05, 4.69) is 42.5 Å². The van der Waals surface area contributed by atoms with E-state index in [4.69, 9.17) is 7.85 Å². The van der Waals surface area contributed by atoms with E-state index in [1.165, 1.54) is 22.8 Å². The van der Waals surface area contributed by atoms with Gasteiger partial charge in [-0.1, -0.05) is 66.5 Å². The lowest BCUT2D eigenvalue weighted by molar-refractivity contribution is 0.615. The highest BCUT2D eigenvalue weighted by Crippen LogP contribution is 2.41. The molecule has 1 aliphatic carbocycles. The van der Waals surface area contributed by atoms with Crippen LogP contribution in [0.5, 0.6) is 0 Å². The molecular weight excluding hydrogens is 294 g/mol. The van der Waals surface area contributed by atoms with E-state index in [-0.39, 0.29) is 11.6 Å². The van der Waals surface area contributed by atoms with E-state index < -0.39 is 0 Å². The molecule has 24 heavy (non-hydrogen) atoms. The highest BCUT2D eigenvalue weighted by Gasteiger charge is 2.25. The van der Waals surface area contributed by atoms with Crippen molar-refractivity contribution in [3.05, 3.63) is 95.3 Å². The standard InChI is InChI=1S/C22H18BF/c23-19-12-18-5-1-2-10-21(18)22(14-19)17-8-3-6-15(11-17)16-7-4-9-20(24)13-16/h1-11,13,19,22H,12,14H2/t19-,22-/m1/s1. The molecule has 0 nitrogen and oxygen atoms in total. The molecule has 3 aromatic rings. The molecule has 0 aliphatic heterocycles. The monoisotopic (exact) mass is 312 g/mol. The van der Waals surface area contributed by atoms with Crippen molar-refractivity contribution in [2.24, 2.45) is 0 Å². The van der Waals surface area contributed by atoms with Crippen LogP contribution in [0.25, 0.3) is 11.1 Å². The molecule has 0 spiro atoms. The molecule has 0 saturated heterocycles. The van der Waals surface area contributed by atoms with Crippen molar-refractivity contribution < 1.29 is 4.39 Å². The fourth-order valence-corrected chi connectivity index (χ4v) is 3.77. The van der Waals surface area contributed by atoms with Crippen LogP contribution in [0.2, 0.25) is 5.82 Å². The van der Waals surface area contributed by atoms with E-state index in [9.17, 15) is 4.39 Å². The Kier molecular flexibility index (Phi) is 3.97. The third-order valence-electron chi connectivity index (χ3n) is 4.90. The van der Waals surface area contributed by atoms with Crippen LogP contribution in [0.3, 0.4) is 0 Å². The van der Waals surface area contributed by atoms with E-state index in [0.29, 0.717) is 5.92 Å². The number of rotatable bonds is 2. The van der Waals surface area contributed by atoms with Crippen molar-refractivity contribution in [1.29, 1.82) is 0 Å². The second-order valence-electron chi connectivity index (χ2n) is 6.59. The zero-order chi connectivity index (χ0) is 16.5. The molecule has 0 fully saturated rings. The zero-order valence-electron chi connectivity index (χ0n) is 13.5. The maximum atomic E-state index is 13.5. The van der Waals surface area contributed by atoms with Crippen molar-refractivity contribution in [3.63, 3.8) is 0 Å². The Bertz CT molecular complexity index is 871. The molecule has 0 heterocycles. The van der Waals surface area contributed by atoms with Gasteiger partial charge in [0.25, 0.3) is 0 Å². The van der Waals surface area contributed by atoms with Crippen LogP contribution in [0.15, 0.2) is 72.8 Å². The highest BCUT2D eigenvalue weighted by molar-refractivity contribution is 6.12. The minimum absolute atomic E-state index is 0.183. The number of hydrogen-bond acceptors (Lipinski definition) is 0. The maximum Gasteiger partial charge on any atom is 0.123 e. The Hall–Kier alpha value is -2.35. The molecule has 0 saturated carbocycles. The number of benzene rings is 3. The molecule has 0 aromatic heterocycles. The van der Waals surface area contributed by atoms with E-state index >= 15 is 0 Å². The van der Waals surface area contributed by atoms with E-state index in [0.717, 1.165) is 24.0 Å². The minimum Gasteiger partial charge on any atom is -0.207 e. The van der Waals surface area contributed by atoms with Gasteiger partial charge < -0.3 is 0 Å². The quantitative estimate of drug-likeness (QED) is 0.546. The second kappa shape index (κ2) is 6.28. The summed E-state index contributed by atoms with van der Waals surface area (Å²) in [5, 5.41) is 0. The normalized spacial score (nSPS) is 19.7. The predicted molar refractivity (Wildman–Crippen MR) is 97.9 cm³/mol. The van der Waals surface area contributed by atoms with Crippen LogP contribution in [0, 0.1) is 5.82 Å². The second-order valence-corrected chi connectivity index (χ2v) is 6.59. The summed E-state index contributed by atoms with van der Waals surface area (Å²) in [6.07, 6.45) is 1.89. The predicted octanol–water partition coefficient (Wildman–Crippen LogP) is 5.53. The summed E-state index contributed by atoms with van der Waals surface area (Å²) in [5.74, 6) is 0.282. The first-order chi connectivity index (χ1) is 11.7. The van der Waals surface area contributed by atoms with Crippen molar-refractivity contribution in [3.8, 4) is 11.1 Å². The Morgan fingerprint density at radius 3 is 2.42 bits per heavy atom. The summed E-state index contributed by atoms with van der Waals surface area (Å²) in [6.45, 7) is 0. The van der Waals surface area contributed by atoms with Crippen LogP contribution in [0.1, 0.15) is 29.0 Å². The number of hydrogen-bond donors (Lipinski definition) is 0. The average Bonchev–Trinajstić information content (AvgIpc) is 2.61. The molecule has 0 bridgehead atoms. The van der Waals surface area contributed by atoms with E-state index in [1.807, 2.05) is 12.1 Å². The third kappa shape index (κ3) is 2.89. The molecule has 2 heteroatoms. The van der Waals surface area contributed by atoms with Crippen LogP contribution in [-0.4, -0.2) is 7.85 Å². The van der Waals surface area contributed by atoms with Crippen molar-refractivity contribution >= 4 is 7.85 Å². The molecule has 116 valence electrons. The van der Waals surface area contributed by atoms with Crippen molar-refractivity contribution in [2.45, 2.75) is 24.6 Å². The van der Waals surface area contributed by atoms with Gasteiger partial charge in [0.05, 0.1) is 7.85 Å². The molecule has 0 amide bonds. The topological polar surface area (TPSA) is 0 Å². The molecule has 3 aromatic carbocycles. The van der Waals surface area contributed by atoms with E-state index in [1.54, 1.807) is 12.1 Å². The lowest BCUT2D eigenvalue weighted by Crippen LogP contribution is -2.16. The lowest BCUT2D eigenvalue weighted by atomic mass is 9.67. The van der Waals surface area contributed by atoms with Crippen LogP contribution in [-0.2, 0) is 6.42 Å². The third-order valence-corrected chi connectivity index (χ3v) is 4.90. The van der Waals surface area contributed by atoms with Gasteiger partial charge >= 0.3 is 0 Å². The summed E-state index contributed by atoms with van der Waals surface area (Å²) in [5.41, 5.74) is 5.92.